The lowest BCUT2D eigenvalue weighted by Gasteiger charge is -2.13. The Morgan fingerprint density at radius 3 is 2.68 bits per heavy atom. The van der Waals surface area contributed by atoms with E-state index in [4.69, 9.17) is 5.73 Å². The summed E-state index contributed by atoms with van der Waals surface area (Å²) in [6, 6.07) is 10.3. The maximum atomic E-state index is 11.4. The first-order valence-electron chi connectivity index (χ1n) is 7.69. The third-order valence-electron chi connectivity index (χ3n) is 4.33. The second kappa shape index (κ2) is 6.32. The number of nitrogens with zero attached hydrogens (tertiary/aromatic N) is 3. The number of nitrogens with two attached hydrogens (primary N) is 1. The molecule has 0 radical (unpaired) electrons. The van der Waals surface area contributed by atoms with Crippen molar-refractivity contribution < 1.29 is 4.79 Å². The summed E-state index contributed by atoms with van der Waals surface area (Å²) in [6.07, 6.45) is 3.99. The summed E-state index contributed by atoms with van der Waals surface area (Å²) < 4.78 is 1.95. The van der Waals surface area contributed by atoms with Crippen LogP contribution in [-0.2, 0) is 17.9 Å². The van der Waals surface area contributed by atoms with Crippen LogP contribution in [0.15, 0.2) is 42.7 Å². The summed E-state index contributed by atoms with van der Waals surface area (Å²) in [5.41, 5.74) is 7.86. The van der Waals surface area contributed by atoms with E-state index in [-0.39, 0.29) is 11.8 Å². The molecule has 2 heterocycles. The molecule has 1 amide bonds. The van der Waals surface area contributed by atoms with E-state index >= 15 is 0 Å². The lowest BCUT2D eigenvalue weighted by atomic mass is 9.98. The number of amides is 1. The molecule has 1 aromatic carbocycles. The van der Waals surface area contributed by atoms with Gasteiger partial charge in [-0.1, -0.05) is 37.3 Å². The second-order valence-electron chi connectivity index (χ2n) is 6.21. The number of hydrogen-bond acceptors (Lipinski definition) is 3. The first kappa shape index (κ1) is 14.8. The molecule has 0 bridgehead atoms. The Hall–Kier alpha value is -2.14. The predicted molar refractivity (Wildman–Crippen MR) is 84.9 cm³/mol. The zero-order valence-corrected chi connectivity index (χ0v) is 12.9. The third kappa shape index (κ3) is 3.36. The van der Waals surface area contributed by atoms with E-state index in [1.165, 1.54) is 11.1 Å². The van der Waals surface area contributed by atoms with E-state index in [0.717, 1.165) is 26.2 Å². The van der Waals surface area contributed by atoms with Crippen molar-refractivity contribution in [2.24, 2.45) is 17.6 Å². The Morgan fingerprint density at radius 1 is 1.23 bits per heavy atom. The van der Waals surface area contributed by atoms with Crippen molar-refractivity contribution >= 4 is 5.91 Å². The van der Waals surface area contributed by atoms with Crippen molar-refractivity contribution in [3.8, 4) is 0 Å². The van der Waals surface area contributed by atoms with E-state index in [9.17, 15) is 4.79 Å². The van der Waals surface area contributed by atoms with Gasteiger partial charge in [-0.05, 0) is 11.5 Å². The van der Waals surface area contributed by atoms with Crippen LogP contribution in [-0.4, -0.2) is 33.7 Å². The lowest BCUT2D eigenvalue weighted by Crippen LogP contribution is -2.29. The first-order chi connectivity index (χ1) is 10.6. The quantitative estimate of drug-likeness (QED) is 0.909. The molecule has 0 aliphatic carbocycles. The molecule has 2 aromatic rings. The standard InChI is InChI=1S/C17H22N4O/c1-13-8-20(12-16(13)17(18)22)9-15-7-19-21(11-15)10-14-5-3-2-4-6-14/h2-7,11,13,16H,8-10,12H2,1H3,(H2,18,22)/t13-,16-/m1/s1. The zero-order chi connectivity index (χ0) is 15.5. The number of hydrogen-bond donors (Lipinski definition) is 1. The predicted octanol–water partition coefficient (Wildman–Crippen LogP) is 1.48. The Morgan fingerprint density at radius 2 is 2.00 bits per heavy atom. The largest absolute Gasteiger partial charge is 0.369 e. The van der Waals surface area contributed by atoms with Gasteiger partial charge in [-0.25, -0.2) is 0 Å². The van der Waals surface area contributed by atoms with Crippen LogP contribution < -0.4 is 5.73 Å². The number of aromatic nitrogens is 2. The molecule has 0 unspecified atom stereocenters. The van der Waals surface area contributed by atoms with Crippen molar-refractivity contribution in [2.75, 3.05) is 13.1 Å². The number of rotatable bonds is 5. The van der Waals surface area contributed by atoms with Crippen LogP contribution >= 0.6 is 0 Å². The molecule has 5 heteroatoms. The first-order valence-corrected chi connectivity index (χ1v) is 7.69. The van der Waals surface area contributed by atoms with Crippen LogP contribution in [0.25, 0.3) is 0 Å². The monoisotopic (exact) mass is 298 g/mol. The number of likely N-dealkylation sites (tertiary alicyclic amines) is 1. The van der Waals surface area contributed by atoms with Crippen LogP contribution in [0.4, 0.5) is 0 Å². The highest BCUT2D eigenvalue weighted by atomic mass is 16.1. The Balaban J connectivity index is 1.59. The summed E-state index contributed by atoms with van der Waals surface area (Å²) in [7, 11) is 0. The highest BCUT2D eigenvalue weighted by Crippen LogP contribution is 2.24. The number of carbonyl (C=O) groups is 1. The van der Waals surface area contributed by atoms with Crippen molar-refractivity contribution in [1.82, 2.24) is 14.7 Å². The Kier molecular flexibility index (Phi) is 4.24. The van der Waals surface area contributed by atoms with Gasteiger partial charge in [-0.3, -0.25) is 14.4 Å². The average molecular weight is 298 g/mol. The van der Waals surface area contributed by atoms with Crippen molar-refractivity contribution in [3.63, 3.8) is 0 Å². The molecule has 1 aliphatic rings. The van der Waals surface area contributed by atoms with Crippen molar-refractivity contribution in [3.05, 3.63) is 53.9 Å². The molecule has 22 heavy (non-hydrogen) atoms. The molecule has 5 nitrogen and oxygen atoms in total. The summed E-state index contributed by atoms with van der Waals surface area (Å²) in [4.78, 5) is 13.7. The zero-order valence-electron chi connectivity index (χ0n) is 12.9. The third-order valence-corrected chi connectivity index (χ3v) is 4.33. The fraction of sp³-hybridized carbons (Fsp3) is 0.412. The summed E-state index contributed by atoms with van der Waals surface area (Å²) in [5.74, 6) is 0.117. The molecule has 1 fully saturated rings. The van der Waals surface area contributed by atoms with Gasteiger partial charge in [-0.2, -0.15) is 5.10 Å². The van der Waals surface area contributed by atoms with Crippen molar-refractivity contribution in [1.29, 1.82) is 0 Å². The Labute approximate surface area is 130 Å². The van der Waals surface area contributed by atoms with Gasteiger partial charge in [0.05, 0.1) is 18.7 Å². The van der Waals surface area contributed by atoms with E-state index in [1.807, 2.05) is 29.1 Å². The summed E-state index contributed by atoms with van der Waals surface area (Å²) in [5, 5.41) is 4.43. The number of benzene rings is 1. The molecule has 1 saturated heterocycles. The minimum atomic E-state index is -0.185. The minimum absolute atomic E-state index is 0.0284. The molecule has 1 aliphatic heterocycles. The average Bonchev–Trinajstić information content (AvgIpc) is 3.07. The summed E-state index contributed by atoms with van der Waals surface area (Å²) in [6.45, 7) is 5.36. The molecule has 0 saturated carbocycles. The fourth-order valence-electron chi connectivity index (χ4n) is 3.17. The molecule has 116 valence electrons. The summed E-state index contributed by atoms with van der Waals surface area (Å²) >= 11 is 0. The van der Waals surface area contributed by atoms with Gasteiger partial charge in [0.25, 0.3) is 0 Å². The SMILES string of the molecule is C[C@@H]1CN(Cc2cnn(Cc3ccccc3)c2)C[C@H]1C(N)=O. The van der Waals surface area contributed by atoms with Crippen LogP contribution in [0.2, 0.25) is 0 Å². The molecular weight excluding hydrogens is 276 g/mol. The maximum absolute atomic E-state index is 11.4. The molecule has 2 atom stereocenters. The van der Waals surface area contributed by atoms with Gasteiger partial charge in [0, 0.05) is 31.4 Å². The number of carbonyl (C=O) groups excluding carboxylic acids is 1. The van der Waals surface area contributed by atoms with Crippen LogP contribution in [0.3, 0.4) is 0 Å². The molecule has 3 rings (SSSR count). The van der Waals surface area contributed by atoms with Gasteiger partial charge in [0.2, 0.25) is 5.91 Å². The second-order valence-corrected chi connectivity index (χ2v) is 6.21. The molecule has 1 aromatic heterocycles. The van der Waals surface area contributed by atoms with E-state index in [0.29, 0.717) is 5.92 Å². The normalized spacial score (nSPS) is 22.0. The van der Waals surface area contributed by atoms with Gasteiger partial charge >= 0.3 is 0 Å². The van der Waals surface area contributed by atoms with Crippen LogP contribution in [0, 0.1) is 11.8 Å². The van der Waals surface area contributed by atoms with Gasteiger partial charge in [-0.15, -0.1) is 0 Å². The smallest absolute Gasteiger partial charge is 0.222 e. The minimum Gasteiger partial charge on any atom is -0.369 e. The van der Waals surface area contributed by atoms with Crippen LogP contribution in [0.1, 0.15) is 18.1 Å². The topological polar surface area (TPSA) is 64.2 Å². The highest BCUT2D eigenvalue weighted by molar-refractivity contribution is 5.77. The van der Waals surface area contributed by atoms with Gasteiger partial charge in [0.1, 0.15) is 0 Å². The number of primary amides is 1. The van der Waals surface area contributed by atoms with E-state index in [1.54, 1.807) is 0 Å². The lowest BCUT2D eigenvalue weighted by molar-refractivity contribution is -0.122. The van der Waals surface area contributed by atoms with Crippen molar-refractivity contribution in [2.45, 2.75) is 20.0 Å². The molecule has 0 spiro atoms. The maximum Gasteiger partial charge on any atom is 0.222 e. The van der Waals surface area contributed by atoms with E-state index in [2.05, 4.69) is 35.3 Å². The molecule has 2 N–H and O–H groups in total. The van der Waals surface area contributed by atoms with Gasteiger partial charge in [0.15, 0.2) is 0 Å². The Bertz CT molecular complexity index is 637. The molecular formula is C17H22N4O. The van der Waals surface area contributed by atoms with Gasteiger partial charge < -0.3 is 5.73 Å². The fourth-order valence-corrected chi connectivity index (χ4v) is 3.17. The highest BCUT2D eigenvalue weighted by Gasteiger charge is 2.33. The van der Waals surface area contributed by atoms with Crippen LogP contribution in [0.5, 0.6) is 0 Å². The van der Waals surface area contributed by atoms with E-state index < -0.39 is 0 Å².